The van der Waals surface area contributed by atoms with Gasteiger partial charge in [-0.1, -0.05) is 35.9 Å². The maximum atomic E-state index is 12.4. The summed E-state index contributed by atoms with van der Waals surface area (Å²) < 4.78 is 1.08. The predicted octanol–water partition coefficient (Wildman–Crippen LogP) is 3.07. The van der Waals surface area contributed by atoms with Crippen molar-refractivity contribution in [2.24, 2.45) is 4.99 Å². The number of aromatic nitrogens is 3. The first kappa shape index (κ1) is 19.4. The van der Waals surface area contributed by atoms with Gasteiger partial charge in [-0.2, -0.15) is 0 Å². The molecular formula is C23H22N4O3. The second kappa shape index (κ2) is 7.87. The summed E-state index contributed by atoms with van der Waals surface area (Å²) in [7, 11) is 0. The van der Waals surface area contributed by atoms with Gasteiger partial charge in [0.2, 0.25) is 5.88 Å². The van der Waals surface area contributed by atoms with Gasteiger partial charge in [0.05, 0.1) is 5.69 Å². The van der Waals surface area contributed by atoms with Crippen LogP contribution >= 0.6 is 0 Å². The van der Waals surface area contributed by atoms with E-state index in [0.29, 0.717) is 24.4 Å². The second-order valence-electron chi connectivity index (χ2n) is 7.21. The molecule has 0 radical (unpaired) electrons. The number of hydrogen-bond donors (Lipinski definition) is 3. The Morgan fingerprint density at radius 1 is 1.10 bits per heavy atom. The number of para-hydroxylation sites is 1. The Labute approximate surface area is 172 Å². The molecule has 4 aromatic rings. The first-order valence-corrected chi connectivity index (χ1v) is 9.67. The Kier molecular flexibility index (Phi) is 5.10. The standard InChI is InChI=1S/C23H22N4O3/c1-14-7-9-17(10-8-14)27-22(29)20(21(28)26-23(27)30)15(2)24-12-11-16-13-25-19-6-4-3-5-18(16)19/h3-10,13,25,29H,11-12H2,1-2H3,(H,26,28,30). The minimum absolute atomic E-state index is 0.00546. The van der Waals surface area contributed by atoms with Gasteiger partial charge in [0, 0.05) is 29.4 Å². The molecule has 0 atom stereocenters. The zero-order valence-corrected chi connectivity index (χ0v) is 16.8. The molecule has 2 aromatic heterocycles. The normalized spacial score (nSPS) is 11.9. The highest BCUT2D eigenvalue weighted by atomic mass is 16.3. The largest absolute Gasteiger partial charge is 0.493 e. The number of hydrogen-bond acceptors (Lipinski definition) is 4. The molecule has 2 heterocycles. The minimum Gasteiger partial charge on any atom is -0.493 e. The van der Waals surface area contributed by atoms with Gasteiger partial charge in [0.1, 0.15) is 5.56 Å². The lowest BCUT2D eigenvalue weighted by atomic mass is 10.1. The van der Waals surface area contributed by atoms with Gasteiger partial charge < -0.3 is 10.1 Å². The van der Waals surface area contributed by atoms with Crippen LogP contribution in [0.5, 0.6) is 5.88 Å². The molecule has 0 saturated carbocycles. The molecule has 0 saturated heterocycles. The molecule has 7 heteroatoms. The third-order valence-electron chi connectivity index (χ3n) is 5.15. The average Bonchev–Trinajstić information content (AvgIpc) is 3.12. The molecule has 7 nitrogen and oxygen atoms in total. The van der Waals surface area contributed by atoms with Gasteiger partial charge in [-0.05, 0) is 44.0 Å². The molecular weight excluding hydrogens is 380 g/mol. The van der Waals surface area contributed by atoms with Crippen LogP contribution in [0.1, 0.15) is 23.6 Å². The van der Waals surface area contributed by atoms with Crippen molar-refractivity contribution in [1.29, 1.82) is 0 Å². The number of nitrogens with one attached hydrogen (secondary N) is 2. The van der Waals surface area contributed by atoms with Crippen LogP contribution in [0.4, 0.5) is 0 Å². The van der Waals surface area contributed by atoms with Crippen LogP contribution in [-0.4, -0.2) is 31.9 Å². The van der Waals surface area contributed by atoms with Gasteiger partial charge in [-0.15, -0.1) is 0 Å². The molecule has 0 spiro atoms. The van der Waals surface area contributed by atoms with E-state index in [9.17, 15) is 14.7 Å². The van der Waals surface area contributed by atoms with Crippen molar-refractivity contribution in [2.45, 2.75) is 20.3 Å². The molecule has 3 N–H and O–H groups in total. The lowest BCUT2D eigenvalue weighted by Crippen LogP contribution is -2.32. The first-order valence-electron chi connectivity index (χ1n) is 9.67. The number of H-pyrrole nitrogens is 2. The van der Waals surface area contributed by atoms with E-state index in [-0.39, 0.29) is 5.56 Å². The number of aryl methyl sites for hydroxylation is 1. The van der Waals surface area contributed by atoms with E-state index < -0.39 is 17.1 Å². The fourth-order valence-electron chi connectivity index (χ4n) is 3.55. The number of aromatic amines is 2. The van der Waals surface area contributed by atoms with E-state index in [1.807, 2.05) is 49.5 Å². The Bertz CT molecular complexity index is 1360. The van der Waals surface area contributed by atoms with Crippen molar-refractivity contribution >= 4 is 16.6 Å². The number of aliphatic imine (C=N–C) groups is 1. The fraction of sp³-hybridized carbons (Fsp3) is 0.174. The predicted molar refractivity (Wildman–Crippen MR) is 118 cm³/mol. The summed E-state index contributed by atoms with van der Waals surface area (Å²) in [6.07, 6.45) is 2.63. The lowest BCUT2D eigenvalue weighted by molar-refractivity contribution is 0.429. The number of aromatic hydroxyl groups is 1. The summed E-state index contributed by atoms with van der Waals surface area (Å²) in [5, 5.41) is 11.9. The summed E-state index contributed by atoms with van der Waals surface area (Å²) >= 11 is 0. The fourth-order valence-corrected chi connectivity index (χ4v) is 3.55. The SMILES string of the molecule is CC(=NCCc1c[nH]c2ccccc12)c1c(O)n(-c2ccc(C)cc2)c(=O)[nH]c1=O. The van der Waals surface area contributed by atoms with Crippen molar-refractivity contribution < 1.29 is 5.11 Å². The van der Waals surface area contributed by atoms with Gasteiger partial charge in [-0.25, -0.2) is 9.36 Å². The van der Waals surface area contributed by atoms with Gasteiger partial charge in [-0.3, -0.25) is 14.8 Å². The highest BCUT2D eigenvalue weighted by Gasteiger charge is 2.17. The Balaban J connectivity index is 1.65. The Morgan fingerprint density at radius 2 is 1.83 bits per heavy atom. The van der Waals surface area contributed by atoms with E-state index in [0.717, 1.165) is 26.6 Å². The maximum absolute atomic E-state index is 12.4. The molecule has 0 aliphatic rings. The number of fused-ring (bicyclic) bond motifs is 1. The summed E-state index contributed by atoms with van der Waals surface area (Å²) in [5.74, 6) is -0.416. The number of rotatable bonds is 5. The van der Waals surface area contributed by atoms with Crippen molar-refractivity contribution in [3.63, 3.8) is 0 Å². The summed E-state index contributed by atoms with van der Waals surface area (Å²) in [6, 6.07) is 15.1. The van der Waals surface area contributed by atoms with Gasteiger partial charge >= 0.3 is 5.69 Å². The van der Waals surface area contributed by atoms with E-state index in [2.05, 4.69) is 15.0 Å². The zero-order chi connectivity index (χ0) is 21.3. The van der Waals surface area contributed by atoms with E-state index >= 15 is 0 Å². The molecule has 2 aromatic carbocycles. The van der Waals surface area contributed by atoms with Crippen LogP contribution in [0.15, 0.2) is 69.3 Å². The Morgan fingerprint density at radius 3 is 2.60 bits per heavy atom. The van der Waals surface area contributed by atoms with Crippen LogP contribution in [0.25, 0.3) is 16.6 Å². The van der Waals surface area contributed by atoms with Crippen molar-refractivity contribution in [1.82, 2.24) is 14.5 Å². The molecule has 4 rings (SSSR count). The van der Waals surface area contributed by atoms with E-state index in [1.165, 1.54) is 0 Å². The lowest BCUT2D eigenvalue weighted by Gasteiger charge is -2.11. The second-order valence-corrected chi connectivity index (χ2v) is 7.21. The average molecular weight is 402 g/mol. The Hall–Kier alpha value is -3.87. The smallest absolute Gasteiger partial charge is 0.335 e. The van der Waals surface area contributed by atoms with Gasteiger partial charge in [0.25, 0.3) is 5.56 Å². The van der Waals surface area contributed by atoms with Crippen LogP contribution in [0.3, 0.4) is 0 Å². The number of nitrogens with zero attached hydrogens (tertiary/aromatic N) is 2. The molecule has 0 bridgehead atoms. The molecule has 0 amide bonds. The molecule has 152 valence electrons. The highest BCUT2D eigenvalue weighted by Crippen LogP contribution is 2.19. The molecule has 0 aliphatic heterocycles. The summed E-state index contributed by atoms with van der Waals surface area (Å²) in [5.41, 5.74) is 2.69. The molecule has 0 unspecified atom stereocenters. The topological polar surface area (TPSA) is 103 Å². The van der Waals surface area contributed by atoms with E-state index in [4.69, 9.17) is 0 Å². The molecule has 0 aliphatic carbocycles. The van der Waals surface area contributed by atoms with Crippen LogP contribution in [0.2, 0.25) is 0 Å². The van der Waals surface area contributed by atoms with E-state index in [1.54, 1.807) is 19.1 Å². The number of benzene rings is 2. The van der Waals surface area contributed by atoms with Crippen molar-refractivity contribution in [2.75, 3.05) is 6.54 Å². The molecule has 30 heavy (non-hydrogen) atoms. The van der Waals surface area contributed by atoms with Crippen LogP contribution in [0, 0.1) is 6.92 Å². The van der Waals surface area contributed by atoms with Crippen LogP contribution < -0.4 is 11.2 Å². The van der Waals surface area contributed by atoms with Crippen molar-refractivity contribution in [3.8, 4) is 11.6 Å². The van der Waals surface area contributed by atoms with Crippen LogP contribution in [-0.2, 0) is 6.42 Å². The third kappa shape index (κ3) is 3.57. The summed E-state index contributed by atoms with van der Waals surface area (Å²) in [6.45, 7) is 4.02. The quantitative estimate of drug-likeness (QED) is 0.447. The zero-order valence-electron chi connectivity index (χ0n) is 16.8. The van der Waals surface area contributed by atoms with Gasteiger partial charge in [0.15, 0.2) is 0 Å². The van der Waals surface area contributed by atoms with Crippen molar-refractivity contribution in [3.05, 3.63) is 92.3 Å². The minimum atomic E-state index is -0.698. The maximum Gasteiger partial charge on any atom is 0.335 e. The highest BCUT2D eigenvalue weighted by molar-refractivity contribution is 6.00. The monoisotopic (exact) mass is 402 g/mol. The summed E-state index contributed by atoms with van der Waals surface area (Å²) in [4.78, 5) is 34.7. The third-order valence-corrected chi connectivity index (χ3v) is 5.15. The molecule has 0 fully saturated rings. The first-order chi connectivity index (χ1) is 14.5.